The lowest BCUT2D eigenvalue weighted by Gasteiger charge is -2.13. The quantitative estimate of drug-likeness (QED) is 0.671. The van der Waals surface area contributed by atoms with Crippen LogP contribution >= 0.6 is 0 Å². The Morgan fingerprint density at radius 3 is 2.83 bits per heavy atom. The molecule has 1 rings (SSSR count). The van der Waals surface area contributed by atoms with Crippen LogP contribution in [-0.4, -0.2) is 52.7 Å². The lowest BCUT2D eigenvalue weighted by atomic mass is 10.3. The predicted molar refractivity (Wildman–Crippen MR) is 72.6 cm³/mol. The van der Waals surface area contributed by atoms with Crippen LogP contribution in [0.5, 0.6) is 0 Å². The van der Waals surface area contributed by atoms with Crippen molar-refractivity contribution in [3.63, 3.8) is 0 Å². The summed E-state index contributed by atoms with van der Waals surface area (Å²) in [5, 5.41) is 8.28. The van der Waals surface area contributed by atoms with Gasteiger partial charge < -0.3 is 9.64 Å². The number of likely N-dealkylation sites (N-methyl/N-ethyl adjacent to an activating group) is 1. The van der Waals surface area contributed by atoms with Crippen LogP contribution in [0.3, 0.4) is 0 Å². The molecule has 104 valence electrons. The molecule has 1 heterocycles. The maximum atomic E-state index is 5.49. The first-order valence-electron chi connectivity index (χ1n) is 6.81. The number of aromatic nitrogens is 3. The monoisotopic (exact) mass is 254 g/mol. The van der Waals surface area contributed by atoms with E-state index in [1.54, 1.807) is 0 Å². The van der Waals surface area contributed by atoms with Gasteiger partial charge in [-0.25, -0.2) is 4.68 Å². The van der Waals surface area contributed by atoms with E-state index in [2.05, 4.69) is 29.2 Å². The van der Waals surface area contributed by atoms with Gasteiger partial charge in [0.15, 0.2) is 0 Å². The molecule has 0 atom stereocenters. The number of rotatable bonds is 9. The van der Waals surface area contributed by atoms with Gasteiger partial charge in [-0.05, 0) is 33.9 Å². The van der Waals surface area contributed by atoms with Crippen LogP contribution < -0.4 is 0 Å². The van der Waals surface area contributed by atoms with Gasteiger partial charge in [-0.1, -0.05) is 12.1 Å². The van der Waals surface area contributed by atoms with Crippen molar-refractivity contribution in [3.8, 4) is 0 Å². The van der Waals surface area contributed by atoms with Crippen LogP contribution in [0.4, 0.5) is 0 Å². The third-order valence-corrected chi connectivity index (χ3v) is 2.71. The molecule has 0 radical (unpaired) electrons. The molecular weight excluding hydrogens is 228 g/mol. The zero-order chi connectivity index (χ0) is 13.4. The smallest absolute Gasteiger partial charge is 0.0839 e. The molecule has 18 heavy (non-hydrogen) atoms. The van der Waals surface area contributed by atoms with Crippen molar-refractivity contribution in [2.75, 3.05) is 26.7 Å². The van der Waals surface area contributed by atoms with E-state index in [9.17, 15) is 0 Å². The highest BCUT2D eigenvalue weighted by Crippen LogP contribution is 1.98. The van der Waals surface area contributed by atoms with Gasteiger partial charge in [0.1, 0.15) is 0 Å². The second-order valence-corrected chi connectivity index (χ2v) is 4.95. The highest BCUT2D eigenvalue weighted by Gasteiger charge is 2.03. The highest BCUT2D eigenvalue weighted by atomic mass is 16.5. The van der Waals surface area contributed by atoms with Crippen LogP contribution in [0.25, 0.3) is 0 Å². The molecule has 1 aromatic heterocycles. The summed E-state index contributed by atoms with van der Waals surface area (Å²) in [5.74, 6) is 0. The van der Waals surface area contributed by atoms with Crippen molar-refractivity contribution in [2.24, 2.45) is 0 Å². The third kappa shape index (κ3) is 6.12. The van der Waals surface area contributed by atoms with Gasteiger partial charge >= 0.3 is 0 Å². The molecule has 0 unspecified atom stereocenters. The normalized spacial score (nSPS) is 11.7. The van der Waals surface area contributed by atoms with Crippen LogP contribution in [0.1, 0.15) is 32.9 Å². The topological polar surface area (TPSA) is 43.2 Å². The van der Waals surface area contributed by atoms with E-state index in [-0.39, 0.29) is 6.10 Å². The zero-order valence-electron chi connectivity index (χ0n) is 12.1. The molecule has 0 aliphatic rings. The summed E-state index contributed by atoms with van der Waals surface area (Å²) in [4.78, 5) is 2.32. The van der Waals surface area contributed by atoms with E-state index in [4.69, 9.17) is 4.74 Å². The highest BCUT2D eigenvalue weighted by molar-refractivity contribution is 4.92. The lowest BCUT2D eigenvalue weighted by molar-refractivity contribution is 0.0707. The first kappa shape index (κ1) is 15.1. The van der Waals surface area contributed by atoms with Gasteiger partial charge in [0.05, 0.1) is 24.9 Å². The van der Waals surface area contributed by atoms with Crippen molar-refractivity contribution in [1.29, 1.82) is 0 Å². The summed E-state index contributed by atoms with van der Waals surface area (Å²) < 4.78 is 7.35. The Kier molecular flexibility index (Phi) is 6.90. The van der Waals surface area contributed by atoms with Crippen LogP contribution in [-0.2, 0) is 17.7 Å². The van der Waals surface area contributed by atoms with Crippen molar-refractivity contribution in [2.45, 2.75) is 46.3 Å². The third-order valence-electron chi connectivity index (χ3n) is 2.71. The summed E-state index contributed by atoms with van der Waals surface area (Å²) in [5.41, 5.74) is 1.06. The fourth-order valence-corrected chi connectivity index (χ4v) is 1.74. The molecule has 0 saturated heterocycles. The van der Waals surface area contributed by atoms with Crippen LogP contribution in [0, 0.1) is 0 Å². The fraction of sp³-hybridized carbons (Fsp3) is 0.846. The first-order chi connectivity index (χ1) is 8.61. The number of hydrogen-bond acceptors (Lipinski definition) is 4. The van der Waals surface area contributed by atoms with Gasteiger partial charge in [0, 0.05) is 19.2 Å². The Morgan fingerprint density at radius 2 is 2.17 bits per heavy atom. The summed E-state index contributed by atoms with van der Waals surface area (Å²) in [6.45, 7) is 9.91. The van der Waals surface area contributed by atoms with E-state index in [0.717, 1.165) is 31.7 Å². The SMILES string of the molecule is CCCN(C)CCc1cn(CCOC(C)C)nn1. The average molecular weight is 254 g/mol. The van der Waals surface area contributed by atoms with Crippen molar-refractivity contribution >= 4 is 0 Å². The minimum absolute atomic E-state index is 0.274. The Bertz CT molecular complexity index is 325. The van der Waals surface area contributed by atoms with Crippen molar-refractivity contribution < 1.29 is 4.74 Å². The van der Waals surface area contributed by atoms with Gasteiger partial charge in [0.25, 0.3) is 0 Å². The first-order valence-corrected chi connectivity index (χ1v) is 6.81. The molecule has 5 heteroatoms. The van der Waals surface area contributed by atoms with E-state index in [0.29, 0.717) is 6.61 Å². The van der Waals surface area contributed by atoms with E-state index >= 15 is 0 Å². The molecule has 5 nitrogen and oxygen atoms in total. The molecule has 0 bridgehead atoms. The standard InChI is InChI=1S/C13H26N4O/c1-5-7-16(4)8-6-13-11-17(15-14-13)9-10-18-12(2)3/h11-12H,5-10H2,1-4H3. The maximum absolute atomic E-state index is 5.49. The van der Waals surface area contributed by atoms with Crippen molar-refractivity contribution in [1.82, 2.24) is 19.9 Å². The minimum Gasteiger partial charge on any atom is -0.377 e. The summed E-state index contributed by atoms with van der Waals surface area (Å²) >= 11 is 0. The van der Waals surface area contributed by atoms with Gasteiger partial charge in [0.2, 0.25) is 0 Å². The summed E-state index contributed by atoms with van der Waals surface area (Å²) in [7, 11) is 2.14. The molecule has 0 aliphatic heterocycles. The molecule has 0 aliphatic carbocycles. The second-order valence-electron chi connectivity index (χ2n) is 4.95. The molecular formula is C13H26N4O. The van der Waals surface area contributed by atoms with Gasteiger partial charge in [-0.3, -0.25) is 0 Å². The van der Waals surface area contributed by atoms with E-state index in [1.807, 2.05) is 24.7 Å². The molecule has 0 aromatic carbocycles. The van der Waals surface area contributed by atoms with Crippen LogP contribution in [0.2, 0.25) is 0 Å². The molecule has 0 amide bonds. The van der Waals surface area contributed by atoms with Crippen LogP contribution in [0.15, 0.2) is 6.20 Å². The zero-order valence-corrected chi connectivity index (χ0v) is 12.1. The van der Waals surface area contributed by atoms with Crippen molar-refractivity contribution in [3.05, 3.63) is 11.9 Å². The summed E-state index contributed by atoms with van der Waals surface area (Å²) in [6.07, 6.45) is 4.44. The Labute approximate surface area is 110 Å². The van der Waals surface area contributed by atoms with E-state index < -0.39 is 0 Å². The van der Waals surface area contributed by atoms with Gasteiger partial charge in [-0.2, -0.15) is 0 Å². The Balaban J connectivity index is 2.25. The predicted octanol–water partition coefficient (Wildman–Crippen LogP) is 1.59. The maximum Gasteiger partial charge on any atom is 0.0839 e. The Hall–Kier alpha value is -0.940. The number of ether oxygens (including phenoxy) is 1. The fourth-order valence-electron chi connectivity index (χ4n) is 1.74. The lowest BCUT2D eigenvalue weighted by Crippen LogP contribution is -2.21. The average Bonchev–Trinajstić information content (AvgIpc) is 2.74. The number of hydrogen-bond donors (Lipinski definition) is 0. The molecule has 0 spiro atoms. The summed E-state index contributed by atoms with van der Waals surface area (Å²) in [6, 6.07) is 0. The largest absolute Gasteiger partial charge is 0.377 e. The number of nitrogens with zero attached hydrogens (tertiary/aromatic N) is 4. The second kappa shape index (κ2) is 8.21. The molecule has 0 fully saturated rings. The van der Waals surface area contributed by atoms with E-state index in [1.165, 1.54) is 6.42 Å². The van der Waals surface area contributed by atoms with Gasteiger partial charge in [-0.15, -0.1) is 5.10 Å². The molecule has 1 aromatic rings. The molecule has 0 saturated carbocycles. The minimum atomic E-state index is 0.274. The Morgan fingerprint density at radius 1 is 1.39 bits per heavy atom. The molecule has 0 N–H and O–H groups in total.